The smallest absolute Gasteiger partial charge is 0.0190 e. The van der Waals surface area contributed by atoms with Crippen molar-refractivity contribution in [3.8, 4) is 11.1 Å². The van der Waals surface area contributed by atoms with Gasteiger partial charge in [0.2, 0.25) is 0 Å². The Morgan fingerprint density at radius 3 is 2.14 bits per heavy atom. The van der Waals surface area contributed by atoms with Crippen molar-refractivity contribution in [3.05, 3.63) is 59.7 Å². The van der Waals surface area contributed by atoms with E-state index in [2.05, 4.69) is 83.1 Å². The molecule has 0 aliphatic heterocycles. The van der Waals surface area contributed by atoms with Gasteiger partial charge < -0.3 is 0 Å². The Hall–Kier alpha value is -1.21. The van der Waals surface area contributed by atoms with Crippen molar-refractivity contribution in [2.45, 2.75) is 51.0 Å². The Morgan fingerprint density at radius 1 is 0.905 bits per heavy atom. The van der Waals surface area contributed by atoms with Gasteiger partial charge in [0.05, 0.1) is 0 Å². The van der Waals surface area contributed by atoms with Crippen LogP contribution in [0.3, 0.4) is 0 Å². The lowest BCUT2D eigenvalue weighted by Gasteiger charge is -2.24. The molecule has 2 aromatic rings. The van der Waals surface area contributed by atoms with E-state index < -0.39 is 0 Å². The lowest BCUT2D eigenvalue weighted by molar-refractivity contribution is 0.586. The van der Waals surface area contributed by atoms with Crippen molar-refractivity contribution in [1.29, 1.82) is 0 Å². The Balaban J connectivity index is 2.40. The highest BCUT2D eigenvalue weighted by Crippen LogP contribution is 2.33. The molecule has 112 valence electrons. The number of thioether (sulfide) groups is 1. The first-order valence-corrected chi connectivity index (χ1v) is 8.73. The molecule has 0 aromatic heterocycles. The fourth-order valence-electron chi connectivity index (χ4n) is 2.47. The highest BCUT2D eigenvalue weighted by molar-refractivity contribution is 7.99. The van der Waals surface area contributed by atoms with E-state index >= 15 is 0 Å². The molecule has 0 amide bonds. The summed E-state index contributed by atoms with van der Waals surface area (Å²) in [5.41, 5.74) is 5.74. The Kier molecular flexibility index (Phi) is 5.16. The van der Waals surface area contributed by atoms with E-state index in [4.69, 9.17) is 0 Å². The second kappa shape index (κ2) is 6.70. The zero-order chi connectivity index (χ0) is 15.5. The zero-order valence-corrected chi connectivity index (χ0v) is 14.6. The van der Waals surface area contributed by atoms with Gasteiger partial charge in [-0.3, -0.25) is 0 Å². The monoisotopic (exact) mass is 298 g/mol. The van der Waals surface area contributed by atoms with Gasteiger partial charge in [-0.25, -0.2) is 0 Å². The van der Waals surface area contributed by atoms with Gasteiger partial charge in [-0.05, 0) is 32.9 Å². The lowest BCUT2D eigenvalue weighted by Crippen LogP contribution is -2.14. The van der Waals surface area contributed by atoms with Crippen LogP contribution < -0.4 is 0 Å². The minimum atomic E-state index is 0.178. The normalized spacial score (nSPS) is 11.9. The van der Waals surface area contributed by atoms with Crippen LogP contribution in [-0.2, 0) is 11.2 Å². The third-order valence-electron chi connectivity index (χ3n) is 3.60. The topological polar surface area (TPSA) is 0 Å². The summed E-state index contributed by atoms with van der Waals surface area (Å²) in [7, 11) is 0. The Labute approximate surface area is 134 Å². The van der Waals surface area contributed by atoms with Gasteiger partial charge in [0, 0.05) is 5.75 Å². The molecular weight excluding hydrogens is 272 g/mol. The molecule has 0 unspecified atom stereocenters. The first kappa shape index (κ1) is 16.2. The van der Waals surface area contributed by atoms with Gasteiger partial charge in [-0.2, -0.15) is 11.8 Å². The molecule has 21 heavy (non-hydrogen) atoms. The summed E-state index contributed by atoms with van der Waals surface area (Å²) in [6, 6.07) is 17.6. The van der Waals surface area contributed by atoms with Crippen LogP contribution >= 0.6 is 11.8 Å². The maximum atomic E-state index is 2.38. The summed E-state index contributed by atoms with van der Waals surface area (Å²) in [6.07, 6.45) is 0. The molecule has 0 spiro atoms. The average Bonchev–Trinajstić information content (AvgIpc) is 2.45. The molecule has 0 saturated carbocycles. The van der Waals surface area contributed by atoms with E-state index in [0.29, 0.717) is 5.25 Å². The van der Waals surface area contributed by atoms with Crippen molar-refractivity contribution in [3.63, 3.8) is 0 Å². The summed E-state index contributed by atoms with van der Waals surface area (Å²) >= 11 is 2.02. The first-order valence-electron chi connectivity index (χ1n) is 7.68. The van der Waals surface area contributed by atoms with Crippen LogP contribution in [0, 0.1) is 0 Å². The molecule has 0 fully saturated rings. The Bertz CT molecular complexity index is 577. The van der Waals surface area contributed by atoms with E-state index in [0.717, 1.165) is 5.75 Å². The van der Waals surface area contributed by atoms with Crippen LogP contribution in [0.1, 0.15) is 45.7 Å². The molecule has 0 radical (unpaired) electrons. The molecule has 2 aromatic carbocycles. The Morgan fingerprint density at radius 2 is 1.57 bits per heavy atom. The van der Waals surface area contributed by atoms with E-state index in [1.54, 1.807) is 0 Å². The summed E-state index contributed by atoms with van der Waals surface area (Å²) in [6.45, 7) is 11.4. The van der Waals surface area contributed by atoms with Crippen molar-refractivity contribution in [2.24, 2.45) is 0 Å². The van der Waals surface area contributed by atoms with Crippen molar-refractivity contribution in [1.82, 2.24) is 0 Å². The molecule has 0 bridgehead atoms. The molecule has 0 saturated heterocycles. The minimum Gasteiger partial charge on any atom is -0.154 e. The highest BCUT2D eigenvalue weighted by atomic mass is 32.2. The van der Waals surface area contributed by atoms with Crippen molar-refractivity contribution in [2.75, 3.05) is 0 Å². The molecule has 2 rings (SSSR count). The number of hydrogen-bond acceptors (Lipinski definition) is 1. The maximum Gasteiger partial charge on any atom is 0.0190 e. The molecule has 0 aliphatic rings. The highest BCUT2D eigenvalue weighted by Gasteiger charge is 2.19. The standard InChI is InChI=1S/C20H26S/c1-15(2)21-14-18-12-11-17(13-19(18)20(3,4)5)16-9-7-6-8-10-16/h6-13,15H,14H2,1-5H3. The predicted molar refractivity (Wildman–Crippen MR) is 97.0 cm³/mol. The fraction of sp³-hybridized carbons (Fsp3) is 0.400. The van der Waals surface area contributed by atoms with Crippen LogP contribution in [0.5, 0.6) is 0 Å². The number of hydrogen-bond donors (Lipinski definition) is 0. The van der Waals surface area contributed by atoms with Crippen LogP contribution in [0.15, 0.2) is 48.5 Å². The number of benzene rings is 2. The SMILES string of the molecule is CC(C)SCc1ccc(-c2ccccc2)cc1C(C)(C)C. The lowest BCUT2D eigenvalue weighted by atomic mass is 9.82. The minimum absolute atomic E-state index is 0.178. The largest absolute Gasteiger partial charge is 0.154 e. The summed E-state index contributed by atoms with van der Waals surface area (Å²) in [5, 5.41) is 0.673. The summed E-state index contributed by atoms with van der Waals surface area (Å²) in [4.78, 5) is 0. The third-order valence-corrected chi connectivity index (χ3v) is 4.74. The molecule has 0 heterocycles. The van der Waals surface area contributed by atoms with E-state index in [1.165, 1.54) is 22.3 Å². The van der Waals surface area contributed by atoms with Crippen molar-refractivity contribution < 1.29 is 0 Å². The first-order chi connectivity index (χ1) is 9.88. The molecule has 0 aliphatic carbocycles. The van der Waals surface area contributed by atoms with Crippen LogP contribution in [0.2, 0.25) is 0 Å². The molecule has 0 atom stereocenters. The quantitative estimate of drug-likeness (QED) is 0.639. The van der Waals surface area contributed by atoms with Crippen LogP contribution in [0.4, 0.5) is 0 Å². The van der Waals surface area contributed by atoms with Crippen LogP contribution in [-0.4, -0.2) is 5.25 Å². The van der Waals surface area contributed by atoms with Gasteiger partial charge in [0.1, 0.15) is 0 Å². The van der Waals surface area contributed by atoms with Gasteiger partial charge in [-0.15, -0.1) is 0 Å². The predicted octanol–water partition coefficient (Wildman–Crippen LogP) is 6.29. The van der Waals surface area contributed by atoms with Crippen LogP contribution in [0.25, 0.3) is 11.1 Å². The van der Waals surface area contributed by atoms with Gasteiger partial charge in [0.25, 0.3) is 0 Å². The third kappa shape index (κ3) is 4.38. The molecule has 0 N–H and O–H groups in total. The average molecular weight is 298 g/mol. The molecule has 1 heteroatoms. The van der Waals surface area contributed by atoms with Gasteiger partial charge >= 0.3 is 0 Å². The van der Waals surface area contributed by atoms with E-state index in [-0.39, 0.29) is 5.41 Å². The van der Waals surface area contributed by atoms with Gasteiger partial charge in [-0.1, -0.05) is 83.1 Å². The van der Waals surface area contributed by atoms with Gasteiger partial charge in [0.15, 0.2) is 0 Å². The maximum absolute atomic E-state index is 2.38. The zero-order valence-electron chi connectivity index (χ0n) is 13.8. The van der Waals surface area contributed by atoms with E-state index in [9.17, 15) is 0 Å². The van der Waals surface area contributed by atoms with Crippen molar-refractivity contribution >= 4 is 11.8 Å². The summed E-state index contributed by atoms with van der Waals surface area (Å²) < 4.78 is 0. The second-order valence-electron chi connectivity index (χ2n) is 6.85. The summed E-state index contributed by atoms with van der Waals surface area (Å²) in [5.74, 6) is 1.10. The second-order valence-corrected chi connectivity index (χ2v) is 8.41. The van der Waals surface area contributed by atoms with E-state index in [1.807, 2.05) is 11.8 Å². The number of rotatable bonds is 4. The fourth-order valence-corrected chi connectivity index (χ4v) is 3.23. The molecular formula is C20H26S. The molecule has 0 nitrogen and oxygen atoms in total.